The lowest BCUT2D eigenvalue weighted by atomic mass is 10.2. The standard InChI is InChI=1S/C17H10BrN3O2/c18-14-5-6-15-13(7-14)8-16(23-15)17(22)21-20-10-12-3-1-11(9-19)2-4-12/h1-8,10H,(H,21,22)/b20-10-. The first-order chi connectivity index (χ1) is 11.2. The minimum absolute atomic E-state index is 0.190. The van der Waals surface area contributed by atoms with Crippen LogP contribution in [-0.4, -0.2) is 12.1 Å². The van der Waals surface area contributed by atoms with Gasteiger partial charge in [0.05, 0.1) is 17.8 Å². The van der Waals surface area contributed by atoms with Crippen LogP contribution >= 0.6 is 15.9 Å². The van der Waals surface area contributed by atoms with E-state index in [1.165, 1.54) is 6.21 Å². The number of fused-ring (bicyclic) bond motifs is 1. The molecule has 1 aromatic heterocycles. The Labute approximate surface area is 140 Å². The highest BCUT2D eigenvalue weighted by Crippen LogP contribution is 2.23. The van der Waals surface area contributed by atoms with E-state index < -0.39 is 5.91 Å². The van der Waals surface area contributed by atoms with E-state index in [1.54, 1.807) is 36.4 Å². The third kappa shape index (κ3) is 3.47. The van der Waals surface area contributed by atoms with Gasteiger partial charge in [-0.2, -0.15) is 10.4 Å². The average Bonchev–Trinajstić information content (AvgIpc) is 2.98. The molecule has 1 heterocycles. The zero-order valence-corrected chi connectivity index (χ0v) is 13.4. The maximum atomic E-state index is 12.0. The van der Waals surface area contributed by atoms with E-state index in [4.69, 9.17) is 9.68 Å². The van der Waals surface area contributed by atoms with Gasteiger partial charge in [0.2, 0.25) is 0 Å². The number of rotatable bonds is 3. The summed E-state index contributed by atoms with van der Waals surface area (Å²) in [5.74, 6) is -0.239. The highest BCUT2D eigenvalue weighted by atomic mass is 79.9. The van der Waals surface area contributed by atoms with Crippen LogP contribution in [0.15, 0.2) is 62.5 Å². The maximum Gasteiger partial charge on any atom is 0.307 e. The second kappa shape index (κ2) is 6.46. The van der Waals surface area contributed by atoms with Gasteiger partial charge in [0.15, 0.2) is 5.76 Å². The van der Waals surface area contributed by atoms with Gasteiger partial charge < -0.3 is 4.42 Å². The summed E-state index contributed by atoms with van der Waals surface area (Å²) in [5.41, 5.74) is 4.39. The molecule has 23 heavy (non-hydrogen) atoms. The van der Waals surface area contributed by atoms with Crippen LogP contribution in [-0.2, 0) is 0 Å². The number of furan rings is 1. The Hall–Kier alpha value is -2.91. The number of amides is 1. The van der Waals surface area contributed by atoms with Gasteiger partial charge in [-0.1, -0.05) is 28.1 Å². The molecule has 0 spiro atoms. The molecule has 3 rings (SSSR count). The van der Waals surface area contributed by atoms with Crippen LogP contribution in [0.5, 0.6) is 0 Å². The lowest BCUT2D eigenvalue weighted by Crippen LogP contribution is -2.16. The second-order valence-electron chi connectivity index (χ2n) is 4.73. The Balaban J connectivity index is 1.70. The molecular formula is C17H10BrN3O2. The summed E-state index contributed by atoms with van der Waals surface area (Å²) >= 11 is 3.37. The average molecular weight is 368 g/mol. The van der Waals surface area contributed by atoms with Gasteiger partial charge in [-0.25, -0.2) is 5.43 Å². The minimum atomic E-state index is -0.429. The fourth-order valence-electron chi connectivity index (χ4n) is 1.99. The number of nitrogens with one attached hydrogen (secondary N) is 1. The third-order valence-electron chi connectivity index (χ3n) is 3.12. The lowest BCUT2D eigenvalue weighted by Gasteiger charge is -1.95. The number of carbonyl (C=O) groups is 1. The topological polar surface area (TPSA) is 78.4 Å². The molecule has 0 atom stereocenters. The first kappa shape index (κ1) is 15.0. The predicted octanol–water partition coefficient (Wildman–Crippen LogP) is 3.83. The molecule has 2 aromatic carbocycles. The Morgan fingerprint density at radius 2 is 2.00 bits per heavy atom. The highest BCUT2D eigenvalue weighted by Gasteiger charge is 2.11. The van der Waals surface area contributed by atoms with Gasteiger partial charge in [-0.3, -0.25) is 4.79 Å². The van der Waals surface area contributed by atoms with Crippen LogP contribution < -0.4 is 5.43 Å². The maximum absolute atomic E-state index is 12.0. The molecule has 0 radical (unpaired) electrons. The molecule has 6 heteroatoms. The van der Waals surface area contributed by atoms with Crippen molar-refractivity contribution in [2.24, 2.45) is 5.10 Å². The van der Waals surface area contributed by atoms with E-state index in [0.29, 0.717) is 11.1 Å². The van der Waals surface area contributed by atoms with Crippen molar-refractivity contribution in [3.05, 3.63) is 69.9 Å². The summed E-state index contributed by atoms with van der Waals surface area (Å²) in [6, 6.07) is 16.0. The number of nitrogens with zero attached hydrogens (tertiary/aromatic N) is 2. The Morgan fingerprint density at radius 3 is 2.74 bits per heavy atom. The first-order valence-electron chi connectivity index (χ1n) is 6.68. The number of hydrazone groups is 1. The Morgan fingerprint density at radius 1 is 1.22 bits per heavy atom. The zero-order chi connectivity index (χ0) is 16.2. The van der Waals surface area contributed by atoms with E-state index in [2.05, 4.69) is 26.5 Å². The minimum Gasteiger partial charge on any atom is -0.451 e. The molecule has 0 aliphatic rings. The van der Waals surface area contributed by atoms with Crippen LogP contribution in [0.3, 0.4) is 0 Å². The van der Waals surface area contributed by atoms with Crippen LogP contribution in [0.4, 0.5) is 0 Å². The molecule has 0 aliphatic carbocycles. The smallest absolute Gasteiger partial charge is 0.307 e. The fraction of sp³-hybridized carbons (Fsp3) is 0. The summed E-state index contributed by atoms with van der Waals surface area (Å²) in [6.45, 7) is 0. The van der Waals surface area contributed by atoms with Gasteiger partial charge in [0, 0.05) is 9.86 Å². The van der Waals surface area contributed by atoms with Gasteiger partial charge in [0.25, 0.3) is 0 Å². The van der Waals surface area contributed by atoms with Crippen LogP contribution in [0, 0.1) is 11.3 Å². The van der Waals surface area contributed by atoms with Crippen molar-refractivity contribution in [2.45, 2.75) is 0 Å². The fourth-order valence-corrected chi connectivity index (χ4v) is 2.37. The SMILES string of the molecule is N#Cc1ccc(/C=N\NC(=O)c2cc3cc(Br)ccc3o2)cc1. The molecule has 0 fully saturated rings. The number of hydrogen-bond donors (Lipinski definition) is 1. The predicted molar refractivity (Wildman–Crippen MR) is 90.1 cm³/mol. The van der Waals surface area contributed by atoms with Gasteiger partial charge >= 0.3 is 5.91 Å². The number of halogens is 1. The summed E-state index contributed by atoms with van der Waals surface area (Å²) in [4.78, 5) is 12.0. The molecule has 0 saturated heterocycles. The number of benzene rings is 2. The molecule has 112 valence electrons. The largest absolute Gasteiger partial charge is 0.451 e. The molecule has 1 amide bonds. The zero-order valence-electron chi connectivity index (χ0n) is 11.8. The molecule has 0 unspecified atom stereocenters. The van der Waals surface area contributed by atoms with E-state index in [1.807, 2.05) is 18.2 Å². The van der Waals surface area contributed by atoms with Crippen LogP contribution in [0.1, 0.15) is 21.7 Å². The van der Waals surface area contributed by atoms with Crippen molar-refractivity contribution in [1.82, 2.24) is 5.43 Å². The summed E-state index contributed by atoms with van der Waals surface area (Å²) in [5, 5.41) is 13.4. The van der Waals surface area contributed by atoms with E-state index >= 15 is 0 Å². The lowest BCUT2D eigenvalue weighted by molar-refractivity contribution is 0.0929. The number of carbonyl (C=O) groups excluding carboxylic acids is 1. The van der Waals surface area contributed by atoms with Crippen molar-refractivity contribution in [2.75, 3.05) is 0 Å². The van der Waals surface area contributed by atoms with Crippen molar-refractivity contribution in [3.63, 3.8) is 0 Å². The number of hydrogen-bond acceptors (Lipinski definition) is 4. The summed E-state index contributed by atoms with van der Waals surface area (Å²) in [7, 11) is 0. The molecule has 1 N–H and O–H groups in total. The highest BCUT2D eigenvalue weighted by molar-refractivity contribution is 9.10. The molecule has 0 bridgehead atoms. The van der Waals surface area contributed by atoms with E-state index in [9.17, 15) is 4.79 Å². The monoisotopic (exact) mass is 367 g/mol. The van der Waals surface area contributed by atoms with Crippen molar-refractivity contribution in [1.29, 1.82) is 5.26 Å². The summed E-state index contributed by atoms with van der Waals surface area (Å²) < 4.78 is 6.39. The molecule has 0 saturated carbocycles. The quantitative estimate of drug-likeness (QED) is 0.564. The van der Waals surface area contributed by atoms with E-state index in [-0.39, 0.29) is 5.76 Å². The molecular weight excluding hydrogens is 358 g/mol. The van der Waals surface area contributed by atoms with Gasteiger partial charge in [-0.05, 0) is 42.0 Å². The third-order valence-corrected chi connectivity index (χ3v) is 3.61. The first-order valence-corrected chi connectivity index (χ1v) is 7.48. The van der Waals surface area contributed by atoms with Crippen molar-refractivity contribution < 1.29 is 9.21 Å². The van der Waals surface area contributed by atoms with Crippen molar-refractivity contribution >= 4 is 39.0 Å². The van der Waals surface area contributed by atoms with Crippen molar-refractivity contribution in [3.8, 4) is 6.07 Å². The van der Waals surface area contributed by atoms with E-state index in [0.717, 1.165) is 15.4 Å². The normalized spacial score (nSPS) is 10.8. The summed E-state index contributed by atoms with van der Waals surface area (Å²) in [6.07, 6.45) is 1.50. The molecule has 0 aliphatic heterocycles. The molecule has 3 aromatic rings. The second-order valence-corrected chi connectivity index (χ2v) is 5.64. The van der Waals surface area contributed by atoms with Crippen LogP contribution in [0.25, 0.3) is 11.0 Å². The Kier molecular flexibility index (Phi) is 4.22. The van der Waals surface area contributed by atoms with Gasteiger partial charge in [-0.15, -0.1) is 0 Å². The molecule has 5 nitrogen and oxygen atoms in total. The number of nitriles is 1. The van der Waals surface area contributed by atoms with Crippen LogP contribution in [0.2, 0.25) is 0 Å². The van der Waals surface area contributed by atoms with Gasteiger partial charge in [0.1, 0.15) is 5.58 Å². The Bertz CT molecular complexity index is 937.